The van der Waals surface area contributed by atoms with Gasteiger partial charge in [0, 0.05) is 12.7 Å². The molecule has 0 unspecified atom stereocenters. The number of aromatic nitrogens is 1. The molecule has 1 N–H and O–H groups in total. The molecule has 0 saturated heterocycles. The lowest BCUT2D eigenvalue weighted by Gasteiger charge is -2.09. The molecular weight excluding hydrogens is 220 g/mol. The monoisotopic (exact) mass is 232 g/mol. The van der Waals surface area contributed by atoms with Crippen molar-refractivity contribution in [2.45, 2.75) is 13.5 Å². The van der Waals surface area contributed by atoms with E-state index in [1.807, 2.05) is 12.1 Å². The Morgan fingerprint density at radius 2 is 2.06 bits per heavy atom. The SMILES string of the molecule is Cc1ccccc1CNc1cnccc1Cl. The molecule has 16 heavy (non-hydrogen) atoms. The second-order valence-corrected chi connectivity index (χ2v) is 4.04. The average Bonchev–Trinajstić information content (AvgIpc) is 2.30. The van der Waals surface area contributed by atoms with Crippen molar-refractivity contribution < 1.29 is 0 Å². The van der Waals surface area contributed by atoms with E-state index in [0.717, 1.165) is 12.2 Å². The summed E-state index contributed by atoms with van der Waals surface area (Å²) in [5.41, 5.74) is 3.41. The fourth-order valence-electron chi connectivity index (χ4n) is 1.51. The van der Waals surface area contributed by atoms with E-state index in [4.69, 9.17) is 11.6 Å². The minimum Gasteiger partial charge on any atom is -0.379 e. The molecule has 0 amide bonds. The predicted octanol–water partition coefficient (Wildman–Crippen LogP) is 3.66. The number of benzene rings is 1. The summed E-state index contributed by atoms with van der Waals surface area (Å²) in [5, 5.41) is 3.97. The number of anilines is 1. The molecule has 0 bridgehead atoms. The van der Waals surface area contributed by atoms with Gasteiger partial charge in [0.25, 0.3) is 0 Å². The summed E-state index contributed by atoms with van der Waals surface area (Å²) in [4.78, 5) is 4.03. The molecule has 0 spiro atoms. The first-order valence-electron chi connectivity index (χ1n) is 5.15. The lowest BCUT2D eigenvalue weighted by Crippen LogP contribution is -2.01. The minimum absolute atomic E-state index is 0.698. The zero-order valence-electron chi connectivity index (χ0n) is 9.07. The lowest BCUT2D eigenvalue weighted by atomic mass is 10.1. The van der Waals surface area contributed by atoms with Crippen LogP contribution in [0.4, 0.5) is 5.69 Å². The summed E-state index contributed by atoms with van der Waals surface area (Å²) < 4.78 is 0. The Hall–Kier alpha value is -1.54. The Morgan fingerprint density at radius 3 is 2.81 bits per heavy atom. The Kier molecular flexibility index (Phi) is 3.42. The summed E-state index contributed by atoms with van der Waals surface area (Å²) in [7, 11) is 0. The molecule has 0 fully saturated rings. The molecule has 0 aliphatic heterocycles. The van der Waals surface area contributed by atoms with E-state index in [-0.39, 0.29) is 0 Å². The fourth-order valence-corrected chi connectivity index (χ4v) is 1.68. The standard InChI is InChI=1S/C13H13ClN2/c1-10-4-2-3-5-11(10)8-16-13-9-15-7-6-12(13)14/h2-7,9,16H,8H2,1H3. The van der Waals surface area contributed by atoms with E-state index in [9.17, 15) is 0 Å². The van der Waals surface area contributed by atoms with Crippen molar-refractivity contribution in [3.05, 3.63) is 58.9 Å². The second-order valence-electron chi connectivity index (χ2n) is 3.64. The molecule has 1 heterocycles. The number of aryl methyl sites for hydroxylation is 1. The van der Waals surface area contributed by atoms with Gasteiger partial charge in [-0.1, -0.05) is 35.9 Å². The van der Waals surface area contributed by atoms with Crippen LogP contribution in [0.15, 0.2) is 42.7 Å². The molecule has 0 saturated carbocycles. The maximum absolute atomic E-state index is 6.03. The molecule has 1 aromatic heterocycles. The molecule has 0 aliphatic carbocycles. The first kappa shape index (κ1) is 11.0. The van der Waals surface area contributed by atoms with Crippen molar-refractivity contribution >= 4 is 17.3 Å². The smallest absolute Gasteiger partial charge is 0.0718 e. The van der Waals surface area contributed by atoms with Gasteiger partial charge < -0.3 is 5.32 Å². The van der Waals surface area contributed by atoms with E-state index in [2.05, 4.69) is 29.4 Å². The van der Waals surface area contributed by atoms with E-state index in [0.29, 0.717) is 5.02 Å². The van der Waals surface area contributed by atoms with Crippen LogP contribution in [0.1, 0.15) is 11.1 Å². The molecular formula is C13H13ClN2. The topological polar surface area (TPSA) is 24.9 Å². The van der Waals surface area contributed by atoms with E-state index in [1.54, 1.807) is 18.5 Å². The third-order valence-electron chi connectivity index (χ3n) is 2.50. The maximum atomic E-state index is 6.03. The molecule has 2 aromatic rings. The molecule has 0 aliphatic rings. The van der Waals surface area contributed by atoms with Crippen LogP contribution in [0.2, 0.25) is 5.02 Å². The number of hydrogen-bond donors (Lipinski definition) is 1. The Balaban J connectivity index is 2.09. The fraction of sp³-hybridized carbons (Fsp3) is 0.154. The van der Waals surface area contributed by atoms with Crippen LogP contribution in [-0.4, -0.2) is 4.98 Å². The Morgan fingerprint density at radius 1 is 1.25 bits per heavy atom. The third-order valence-corrected chi connectivity index (χ3v) is 2.83. The molecule has 3 heteroatoms. The summed E-state index contributed by atoms with van der Waals surface area (Å²) in [6.07, 6.45) is 3.42. The van der Waals surface area contributed by atoms with Crippen molar-refractivity contribution in [1.82, 2.24) is 4.98 Å². The molecule has 0 atom stereocenters. The second kappa shape index (κ2) is 4.99. The number of rotatable bonds is 3. The summed E-state index contributed by atoms with van der Waals surface area (Å²) >= 11 is 6.03. The molecule has 82 valence electrons. The van der Waals surface area contributed by atoms with Crippen molar-refractivity contribution in [3.8, 4) is 0 Å². The third kappa shape index (κ3) is 2.52. The van der Waals surface area contributed by atoms with Gasteiger partial charge in [0.1, 0.15) is 0 Å². The number of halogens is 1. The first-order chi connectivity index (χ1) is 7.77. The average molecular weight is 233 g/mol. The van der Waals surface area contributed by atoms with Crippen LogP contribution < -0.4 is 5.32 Å². The zero-order valence-corrected chi connectivity index (χ0v) is 9.83. The van der Waals surface area contributed by atoms with Gasteiger partial charge in [-0.3, -0.25) is 4.98 Å². The van der Waals surface area contributed by atoms with Crippen LogP contribution in [-0.2, 0) is 6.54 Å². The van der Waals surface area contributed by atoms with E-state index >= 15 is 0 Å². The molecule has 2 nitrogen and oxygen atoms in total. The Labute approximate surface area is 100 Å². The highest BCUT2D eigenvalue weighted by molar-refractivity contribution is 6.33. The molecule has 1 aromatic carbocycles. The van der Waals surface area contributed by atoms with Crippen LogP contribution in [0.25, 0.3) is 0 Å². The van der Waals surface area contributed by atoms with Gasteiger partial charge in [-0.05, 0) is 24.1 Å². The van der Waals surface area contributed by atoms with Crippen LogP contribution >= 0.6 is 11.6 Å². The van der Waals surface area contributed by atoms with Gasteiger partial charge in [-0.15, -0.1) is 0 Å². The van der Waals surface area contributed by atoms with Gasteiger partial charge in [0.2, 0.25) is 0 Å². The number of nitrogens with zero attached hydrogens (tertiary/aromatic N) is 1. The van der Waals surface area contributed by atoms with Gasteiger partial charge >= 0.3 is 0 Å². The van der Waals surface area contributed by atoms with Crippen LogP contribution in [0.3, 0.4) is 0 Å². The van der Waals surface area contributed by atoms with E-state index < -0.39 is 0 Å². The summed E-state index contributed by atoms with van der Waals surface area (Å²) in [6.45, 7) is 2.86. The minimum atomic E-state index is 0.698. The number of pyridine rings is 1. The summed E-state index contributed by atoms with van der Waals surface area (Å²) in [6, 6.07) is 10.1. The summed E-state index contributed by atoms with van der Waals surface area (Å²) in [5.74, 6) is 0. The Bertz CT molecular complexity index is 437. The largest absolute Gasteiger partial charge is 0.379 e. The van der Waals surface area contributed by atoms with Crippen LogP contribution in [0, 0.1) is 6.92 Å². The highest BCUT2D eigenvalue weighted by atomic mass is 35.5. The quantitative estimate of drug-likeness (QED) is 0.874. The predicted molar refractivity (Wildman–Crippen MR) is 67.8 cm³/mol. The maximum Gasteiger partial charge on any atom is 0.0718 e. The number of nitrogens with one attached hydrogen (secondary N) is 1. The highest BCUT2D eigenvalue weighted by Gasteiger charge is 2.00. The van der Waals surface area contributed by atoms with E-state index in [1.165, 1.54) is 11.1 Å². The van der Waals surface area contributed by atoms with Gasteiger partial charge in [-0.25, -0.2) is 0 Å². The normalized spacial score (nSPS) is 10.1. The van der Waals surface area contributed by atoms with Crippen molar-refractivity contribution in [1.29, 1.82) is 0 Å². The lowest BCUT2D eigenvalue weighted by molar-refractivity contribution is 1.11. The zero-order chi connectivity index (χ0) is 11.4. The van der Waals surface area contributed by atoms with Crippen LogP contribution in [0.5, 0.6) is 0 Å². The van der Waals surface area contributed by atoms with Crippen molar-refractivity contribution in [3.63, 3.8) is 0 Å². The van der Waals surface area contributed by atoms with Crippen molar-refractivity contribution in [2.75, 3.05) is 5.32 Å². The molecule has 2 rings (SSSR count). The van der Waals surface area contributed by atoms with Gasteiger partial charge in [0.15, 0.2) is 0 Å². The first-order valence-corrected chi connectivity index (χ1v) is 5.53. The van der Waals surface area contributed by atoms with Crippen molar-refractivity contribution in [2.24, 2.45) is 0 Å². The number of hydrogen-bond acceptors (Lipinski definition) is 2. The van der Waals surface area contributed by atoms with Gasteiger partial charge in [-0.2, -0.15) is 0 Å². The highest BCUT2D eigenvalue weighted by Crippen LogP contribution is 2.20. The van der Waals surface area contributed by atoms with Gasteiger partial charge in [0.05, 0.1) is 16.9 Å². The molecule has 0 radical (unpaired) electrons.